The fraction of sp³-hybridized carbons (Fsp3) is 0.600. The Morgan fingerprint density at radius 2 is 1.79 bits per heavy atom. The van der Waals surface area contributed by atoms with Crippen LogP contribution in [0.1, 0.15) is 45.1 Å². The molecule has 0 amide bonds. The Morgan fingerprint density at radius 1 is 1.16 bits per heavy atom. The minimum Gasteiger partial charge on any atom is -0.488 e. The monoisotopic (exact) mass is 271 g/mol. The van der Waals surface area contributed by atoms with Crippen LogP contribution in [0.4, 0.5) is 8.78 Å². The number of benzene rings is 1. The van der Waals surface area contributed by atoms with Gasteiger partial charge in [-0.1, -0.05) is 26.2 Å². The van der Waals surface area contributed by atoms with Crippen molar-refractivity contribution in [1.82, 2.24) is 0 Å². The van der Waals surface area contributed by atoms with Gasteiger partial charge in [-0.25, -0.2) is 8.78 Å². The molecule has 0 aliphatic heterocycles. The van der Waals surface area contributed by atoms with Crippen molar-refractivity contribution < 1.29 is 13.5 Å². The van der Waals surface area contributed by atoms with Gasteiger partial charge in [-0.05, 0) is 37.5 Å². The van der Waals surface area contributed by atoms with E-state index in [-0.39, 0.29) is 11.8 Å². The van der Waals surface area contributed by atoms with Crippen molar-refractivity contribution in [3.63, 3.8) is 0 Å². The Balaban J connectivity index is 2.59. The zero-order chi connectivity index (χ0) is 14.3. The predicted molar refractivity (Wildman–Crippen MR) is 73.3 cm³/mol. The highest BCUT2D eigenvalue weighted by molar-refractivity contribution is 5.31. The average Bonchev–Trinajstić information content (AvgIpc) is 2.31. The molecule has 0 radical (unpaired) electrons. The van der Waals surface area contributed by atoms with Gasteiger partial charge in [0.25, 0.3) is 0 Å². The molecule has 0 aliphatic carbocycles. The second-order valence-corrected chi connectivity index (χ2v) is 4.98. The molecule has 2 N–H and O–H groups in total. The van der Waals surface area contributed by atoms with E-state index in [9.17, 15) is 8.78 Å². The molecule has 0 aliphatic rings. The summed E-state index contributed by atoms with van der Waals surface area (Å²) in [4.78, 5) is 0. The van der Waals surface area contributed by atoms with Gasteiger partial charge in [0.1, 0.15) is 0 Å². The van der Waals surface area contributed by atoms with Crippen LogP contribution in [0.25, 0.3) is 0 Å². The summed E-state index contributed by atoms with van der Waals surface area (Å²) in [5, 5.41) is 0. The summed E-state index contributed by atoms with van der Waals surface area (Å²) < 4.78 is 32.7. The summed E-state index contributed by atoms with van der Waals surface area (Å²) in [6.07, 6.45) is 4.51. The van der Waals surface area contributed by atoms with E-state index in [0.29, 0.717) is 18.6 Å². The first-order valence-corrected chi connectivity index (χ1v) is 6.91. The normalized spacial score (nSPS) is 12.5. The van der Waals surface area contributed by atoms with E-state index < -0.39 is 11.6 Å². The third-order valence-corrected chi connectivity index (χ3v) is 2.86. The van der Waals surface area contributed by atoms with Crippen molar-refractivity contribution >= 4 is 0 Å². The van der Waals surface area contributed by atoms with E-state index in [1.54, 1.807) is 6.92 Å². The maximum absolute atomic E-state index is 13.7. The molecule has 0 fully saturated rings. The first-order chi connectivity index (χ1) is 9.04. The van der Waals surface area contributed by atoms with Crippen LogP contribution in [0, 0.1) is 11.6 Å². The van der Waals surface area contributed by atoms with Gasteiger partial charge < -0.3 is 10.5 Å². The average molecular weight is 271 g/mol. The number of nitrogens with two attached hydrogens (primary N) is 1. The lowest BCUT2D eigenvalue weighted by atomic mass is 10.1. The van der Waals surface area contributed by atoms with Crippen LogP contribution in [0.3, 0.4) is 0 Å². The van der Waals surface area contributed by atoms with E-state index in [1.807, 2.05) is 0 Å². The molecule has 0 saturated carbocycles. The molecule has 0 aromatic heterocycles. The van der Waals surface area contributed by atoms with Crippen molar-refractivity contribution in [1.29, 1.82) is 0 Å². The van der Waals surface area contributed by atoms with Crippen LogP contribution in [0.5, 0.6) is 5.75 Å². The first kappa shape index (κ1) is 15.9. The molecule has 1 rings (SSSR count). The van der Waals surface area contributed by atoms with Crippen LogP contribution in [0.15, 0.2) is 12.1 Å². The molecule has 1 unspecified atom stereocenters. The molecular formula is C15H23F2NO. The van der Waals surface area contributed by atoms with E-state index in [2.05, 4.69) is 6.92 Å². The number of ether oxygens (including phenoxy) is 1. The summed E-state index contributed by atoms with van der Waals surface area (Å²) in [5.41, 5.74) is 6.17. The number of hydrogen-bond acceptors (Lipinski definition) is 2. The van der Waals surface area contributed by atoms with Crippen molar-refractivity contribution in [3.05, 3.63) is 29.3 Å². The van der Waals surface area contributed by atoms with E-state index in [0.717, 1.165) is 25.7 Å². The molecule has 0 spiro atoms. The van der Waals surface area contributed by atoms with Gasteiger partial charge in [0.05, 0.1) is 6.61 Å². The molecule has 2 nitrogen and oxygen atoms in total. The predicted octanol–water partition coefficient (Wildman–Crippen LogP) is 3.81. The van der Waals surface area contributed by atoms with Gasteiger partial charge in [0.15, 0.2) is 17.4 Å². The van der Waals surface area contributed by atoms with E-state index >= 15 is 0 Å². The van der Waals surface area contributed by atoms with Crippen molar-refractivity contribution in [3.8, 4) is 5.75 Å². The van der Waals surface area contributed by atoms with E-state index in [1.165, 1.54) is 12.1 Å². The van der Waals surface area contributed by atoms with E-state index in [4.69, 9.17) is 10.5 Å². The van der Waals surface area contributed by atoms with Gasteiger partial charge in [-0.15, -0.1) is 0 Å². The smallest absolute Gasteiger partial charge is 0.190 e. The molecule has 0 saturated heterocycles. The lowest BCUT2D eigenvalue weighted by Gasteiger charge is -2.11. The lowest BCUT2D eigenvalue weighted by molar-refractivity contribution is 0.275. The standard InChI is InChI=1S/C15H23F2NO/c1-3-4-5-6-7-19-15-13(16)9-12(8-11(2)18)10-14(15)17/h9-11H,3-8,18H2,1-2H3. The third-order valence-electron chi connectivity index (χ3n) is 2.86. The summed E-state index contributed by atoms with van der Waals surface area (Å²) in [7, 11) is 0. The highest BCUT2D eigenvalue weighted by Crippen LogP contribution is 2.24. The van der Waals surface area contributed by atoms with Gasteiger partial charge in [0, 0.05) is 6.04 Å². The fourth-order valence-electron chi connectivity index (χ4n) is 1.94. The Hall–Kier alpha value is -1.16. The van der Waals surface area contributed by atoms with Gasteiger partial charge in [-0.2, -0.15) is 0 Å². The van der Waals surface area contributed by atoms with Gasteiger partial charge in [0.2, 0.25) is 0 Å². The Labute approximate surface area is 114 Å². The Morgan fingerprint density at radius 3 is 2.32 bits per heavy atom. The molecule has 1 aromatic carbocycles. The molecule has 4 heteroatoms. The van der Waals surface area contributed by atoms with Crippen molar-refractivity contribution in [2.75, 3.05) is 6.61 Å². The molecule has 19 heavy (non-hydrogen) atoms. The van der Waals surface area contributed by atoms with Crippen LogP contribution >= 0.6 is 0 Å². The third kappa shape index (κ3) is 5.55. The topological polar surface area (TPSA) is 35.2 Å². The molecule has 1 atom stereocenters. The second kappa shape index (κ2) is 8.10. The Kier molecular flexibility index (Phi) is 6.78. The lowest BCUT2D eigenvalue weighted by Crippen LogP contribution is -2.18. The van der Waals surface area contributed by atoms with Gasteiger partial charge in [-0.3, -0.25) is 0 Å². The Bertz CT molecular complexity index is 371. The first-order valence-electron chi connectivity index (χ1n) is 6.91. The molecular weight excluding hydrogens is 248 g/mol. The van der Waals surface area contributed by atoms with Crippen LogP contribution in [0.2, 0.25) is 0 Å². The quantitative estimate of drug-likeness (QED) is 0.730. The summed E-state index contributed by atoms with van der Waals surface area (Å²) in [6.45, 7) is 4.26. The van der Waals surface area contributed by atoms with Crippen molar-refractivity contribution in [2.45, 2.75) is 52.0 Å². The van der Waals surface area contributed by atoms with Gasteiger partial charge >= 0.3 is 0 Å². The maximum Gasteiger partial charge on any atom is 0.190 e. The molecule has 0 bridgehead atoms. The highest BCUT2D eigenvalue weighted by atomic mass is 19.1. The van der Waals surface area contributed by atoms with Crippen molar-refractivity contribution in [2.24, 2.45) is 5.73 Å². The second-order valence-electron chi connectivity index (χ2n) is 4.98. The summed E-state index contributed by atoms with van der Waals surface area (Å²) in [6, 6.07) is 2.47. The summed E-state index contributed by atoms with van der Waals surface area (Å²) >= 11 is 0. The zero-order valence-corrected chi connectivity index (χ0v) is 11.7. The molecule has 1 aromatic rings. The minimum absolute atomic E-state index is 0.125. The van der Waals surface area contributed by atoms with Crippen LogP contribution in [-0.4, -0.2) is 12.6 Å². The SMILES string of the molecule is CCCCCCOc1c(F)cc(CC(C)N)cc1F. The van der Waals surface area contributed by atoms with Crippen LogP contribution in [-0.2, 0) is 6.42 Å². The van der Waals surface area contributed by atoms with Crippen LogP contribution < -0.4 is 10.5 Å². The largest absolute Gasteiger partial charge is 0.488 e. The zero-order valence-electron chi connectivity index (χ0n) is 11.7. The minimum atomic E-state index is -0.647. The number of hydrogen-bond donors (Lipinski definition) is 1. The number of halogens is 2. The summed E-state index contributed by atoms with van der Waals surface area (Å²) in [5.74, 6) is -1.57. The highest BCUT2D eigenvalue weighted by Gasteiger charge is 2.13. The fourth-order valence-corrected chi connectivity index (χ4v) is 1.94. The molecule has 0 heterocycles. The number of unbranched alkanes of at least 4 members (excludes halogenated alkanes) is 3. The maximum atomic E-state index is 13.7. The number of rotatable bonds is 8. The molecule has 108 valence electrons.